The number of anilines is 1. The molecular weight excluding hydrogens is 148 g/mol. The first-order valence-electron chi connectivity index (χ1n) is 4.37. The van der Waals surface area contributed by atoms with Crippen molar-refractivity contribution in [2.75, 3.05) is 12.3 Å². The number of fused-ring (bicyclic) bond motifs is 1. The summed E-state index contributed by atoms with van der Waals surface area (Å²) in [6, 6.07) is 6.17. The third kappa shape index (κ3) is 1.18. The van der Waals surface area contributed by atoms with Crippen molar-refractivity contribution < 1.29 is 0 Å². The van der Waals surface area contributed by atoms with E-state index in [1.165, 1.54) is 11.1 Å². The van der Waals surface area contributed by atoms with Crippen molar-refractivity contribution in [1.29, 1.82) is 0 Å². The average molecular weight is 162 g/mol. The van der Waals surface area contributed by atoms with E-state index < -0.39 is 0 Å². The third-order valence-electron chi connectivity index (χ3n) is 2.58. The third-order valence-corrected chi connectivity index (χ3v) is 2.58. The van der Waals surface area contributed by atoms with E-state index in [2.05, 4.69) is 12.1 Å². The van der Waals surface area contributed by atoms with Gasteiger partial charge in [-0.05, 0) is 48.6 Å². The minimum absolute atomic E-state index is 0.641. The van der Waals surface area contributed by atoms with Gasteiger partial charge in [-0.2, -0.15) is 0 Å². The molecule has 0 heterocycles. The molecule has 1 aromatic rings. The van der Waals surface area contributed by atoms with E-state index >= 15 is 0 Å². The van der Waals surface area contributed by atoms with Gasteiger partial charge in [-0.3, -0.25) is 0 Å². The summed E-state index contributed by atoms with van der Waals surface area (Å²) in [5.41, 5.74) is 15.0. The van der Waals surface area contributed by atoms with E-state index in [9.17, 15) is 0 Å². The number of nitrogen functional groups attached to an aromatic ring is 1. The van der Waals surface area contributed by atoms with Crippen molar-refractivity contribution in [1.82, 2.24) is 0 Å². The Bertz CT molecular complexity index is 294. The molecule has 0 aliphatic heterocycles. The highest BCUT2D eigenvalue weighted by atomic mass is 14.6. The van der Waals surface area contributed by atoms with Crippen molar-refractivity contribution in [2.45, 2.75) is 12.8 Å². The van der Waals surface area contributed by atoms with Crippen LogP contribution in [0.25, 0.3) is 0 Å². The highest BCUT2D eigenvalue weighted by Crippen LogP contribution is 2.27. The summed E-state index contributed by atoms with van der Waals surface area (Å²) in [6.45, 7) is 0.786. The van der Waals surface area contributed by atoms with Crippen molar-refractivity contribution in [3.05, 3.63) is 29.3 Å². The van der Waals surface area contributed by atoms with Crippen molar-refractivity contribution in [3.8, 4) is 0 Å². The largest absolute Gasteiger partial charge is 0.399 e. The van der Waals surface area contributed by atoms with Gasteiger partial charge in [0, 0.05) is 5.69 Å². The lowest BCUT2D eigenvalue weighted by molar-refractivity contribution is 0.575. The molecule has 1 atom stereocenters. The van der Waals surface area contributed by atoms with Crippen LogP contribution in [0.1, 0.15) is 11.1 Å². The summed E-state index contributed by atoms with van der Waals surface area (Å²) >= 11 is 0. The van der Waals surface area contributed by atoms with Crippen LogP contribution in [-0.4, -0.2) is 6.54 Å². The molecule has 1 unspecified atom stereocenters. The van der Waals surface area contributed by atoms with Crippen LogP contribution in [-0.2, 0) is 12.8 Å². The van der Waals surface area contributed by atoms with Crippen LogP contribution in [0.15, 0.2) is 18.2 Å². The molecule has 64 valence electrons. The van der Waals surface area contributed by atoms with Gasteiger partial charge in [0.25, 0.3) is 0 Å². The molecule has 12 heavy (non-hydrogen) atoms. The quantitative estimate of drug-likeness (QED) is 0.604. The fourth-order valence-electron chi connectivity index (χ4n) is 1.90. The summed E-state index contributed by atoms with van der Waals surface area (Å²) in [7, 11) is 0. The van der Waals surface area contributed by atoms with E-state index in [-0.39, 0.29) is 0 Å². The number of nitrogens with two attached hydrogens (primary N) is 2. The lowest BCUT2D eigenvalue weighted by atomic mass is 10.1. The maximum Gasteiger partial charge on any atom is 0.0316 e. The number of hydrogen-bond donors (Lipinski definition) is 2. The minimum atomic E-state index is 0.641. The van der Waals surface area contributed by atoms with Gasteiger partial charge in [0.1, 0.15) is 0 Å². The molecule has 2 nitrogen and oxygen atoms in total. The van der Waals surface area contributed by atoms with E-state index in [1.54, 1.807) is 0 Å². The second-order valence-electron chi connectivity index (χ2n) is 3.54. The summed E-state index contributed by atoms with van der Waals surface area (Å²) in [4.78, 5) is 0. The average Bonchev–Trinajstić information content (AvgIpc) is 2.46. The Hall–Kier alpha value is -1.02. The smallest absolute Gasteiger partial charge is 0.0316 e. The first kappa shape index (κ1) is 7.62. The molecule has 0 aromatic heterocycles. The Morgan fingerprint density at radius 3 is 2.75 bits per heavy atom. The molecule has 2 rings (SSSR count). The number of benzene rings is 1. The van der Waals surface area contributed by atoms with Gasteiger partial charge in [0.2, 0.25) is 0 Å². The molecule has 0 fully saturated rings. The highest BCUT2D eigenvalue weighted by Gasteiger charge is 2.19. The normalized spacial score (nSPS) is 20.9. The highest BCUT2D eigenvalue weighted by molar-refractivity contribution is 5.46. The van der Waals surface area contributed by atoms with Crippen LogP contribution in [0, 0.1) is 5.92 Å². The lowest BCUT2D eigenvalue weighted by Crippen LogP contribution is -2.13. The topological polar surface area (TPSA) is 52.0 Å². The molecule has 0 amide bonds. The molecule has 0 bridgehead atoms. The van der Waals surface area contributed by atoms with E-state index in [0.29, 0.717) is 5.92 Å². The predicted octanol–water partition coefficient (Wildman–Crippen LogP) is 0.942. The summed E-state index contributed by atoms with van der Waals surface area (Å²) in [5.74, 6) is 0.641. The Kier molecular flexibility index (Phi) is 1.77. The van der Waals surface area contributed by atoms with Gasteiger partial charge in [-0.1, -0.05) is 6.07 Å². The molecule has 0 saturated heterocycles. The molecule has 0 radical (unpaired) electrons. The maximum atomic E-state index is 5.69. The lowest BCUT2D eigenvalue weighted by Gasteiger charge is -2.01. The van der Waals surface area contributed by atoms with Crippen LogP contribution in [0.4, 0.5) is 5.69 Å². The summed E-state index contributed by atoms with van der Waals surface area (Å²) in [5, 5.41) is 0. The second-order valence-corrected chi connectivity index (χ2v) is 3.54. The maximum absolute atomic E-state index is 5.69. The van der Waals surface area contributed by atoms with Crippen LogP contribution < -0.4 is 11.5 Å². The Balaban J connectivity index is 2.30. The molecule has 1 aliphatic rings. The van der Waals surface area contributed by atoms with Crippen LogP contribution in [0.5, 0.6) is 0 Å². The SMILES string of the molecule is NCC1Cc2ccc(N)cc2C1. The molecule has 0 spiro atoms. The summed E-state index contributed by atoms with van der Waals surface area (Å²) < 4.78 is 0. The van der Waals surface area contributed by atoms with Crippen LogP contribution in [0.2, 0.25) is 0 Å². The van der Waals surface area contributed by atoms with Gasteiger partial charge in [0.15, 0.2) is 0 Å². The van der Waals surface area contributed by atoms with Gasteiger partial charge in [0.05, 0.1) is 0 Å². The molecule has 1 aliphatic carbocycles. The summed E-state index contributed by atoms with van der Waals surface area (Å²) in [6.07, 6.45) is 2.24. The Morgan fingerprint density at radius 1 is 1.25 bits per heavy atom. The fourth-order valence-corrected chi connectivity index (χ4v) is 1.90. The van der Waals surface area contributed by atoms with Gasteiger partial charge >= 0.3 is 0 Å². The van der Waals surface area contributed by atoms with Crippen molar-refractivity contribution in [2.24, 2.45) is 11.7 Å². The monoisotopic (exact) mass is 162 g/mol. The van der Waals surface area contributed by atoms with E-state index in [1.807, 2.05) is 6.07 Å². The van der Waals surface area contributed by atoms with Crippen molar-refractivity contribution >= 4 is 5.69 Å². The minimum Gasteiger partial charge on any atom is -0.399 e. The Labute approximate surface area is 72.6 Å². The first-order chi connectivity index (χ1) is 5.79. The fraction of sp³-hybridized carbons (Fsp3) is 0.400. The standard InChI is InChI=1S/C10H14N2/c11-6-7-3-8-1-2-10(12)5-9(8)4-7/h1-2,5,7H,3-4,6,11-12H2. The molecule has 2 heteroatoms. The molecule has 1 aromatic carbocycles. The van der Waals surface area contributed by atoms with Gasteiger partial charge in [-0.25, -0.2) is 0 Å². The molecule has 4 N–H and O–H groups in total. The Morgan fingerprint density at radius 2 is 2.00 bits per heavy atom. The van der Waals surface area contributed by atoms with Crippen LogP contribution in [0.3, 0.4) is 0 Å². The molecule has 0 saturated carbocycles. The molecular formula is C10H14N2. The van der Waals surface area contributed by atoms with Crippen LogP contribution >= 0.6 is 0 Å². The zero-order valence-electron chi connectivity index (χ0n) is 7.09. The van der Waals surface area contributed by atoms with Crippen molar-refractivity contribution in [3.63, 3.8) is 0 Å². The zero-order chi connectivity index (χ0) is 8.55. The van der Waals surface area contributed by atoms with E-state index in [0.717, 1.165) is 25.1 Å². The number of rotatable bonds is 1. The zero-order valence-corrected chi connectivity index (χ0v) is 7.09. The van der Waals surface area contributed by atoms with Gasteiger partial charge in [-0.15, -0.1) is 0 Å². The second kappa shape index (κ2) is 2.79. The number of hydrogen-bond acceptors (Lipinski definition) is 2. The van der Waals surface area contributed by atoms with E-state index in [4.69, 9.17) is 11.5 Å². The van der Waals surface area contributed by atoms with Gasteiger partial charge < -0.3 is 11.5 Å². The predicted molar refractivity (Wildman–Crippen MR) is 50.8 cm³/mol. The first-order valence-corrected chi connectivity index (χ1v) is 4.37.